The largest absolute Gasteiger partial charge is 0.480 e. The Morgan fingerprint density at radius 1 is 1.19 bits per heavy atom. The topological polar surface area (TPSA) is 113 Å². The normalized spacial score (nSPS) is 24.0. The maximum Gasteiger partial charge on any atom is 0.326 e. The number of nitrogens with one attached hydrogen (secondary N) is 1. The summed E-state index contributed by atoms with van der Waals surface area (Å²) in [7, 11) is 0. The number of aliphatic carboxylic acids is 1. The van der Waals surface area contributed by atoms with Crippen LogP contribution in [0.4, 0.5) is 4.79 Å². The van der Waals surface area contributed by atoms with Crippen molar-refractivity contribution < 1.29 is 19.5 Å². The Morgan fingerprint density at radius 2 is 1.86 bits per heavy atom. The number of primary amides is 1. The molecule has 0 radical (unpaired) electrons. The number of carboxylic acids is 1. The number of amides is 3. The molecule has 1 saturated heterocycles. The van der Waals surface area contributed by atoms with Gasteiger partial charge in [-0.15, -0.1) is 0 Å². The molecule has 21 heavy (non-hydrogen) atoms. The predicted molar refractivity (Wildman–Crippen MR) is 75.5 cm³/mol. The molecule has 7 nitrogen and oxygen atoms in total. The molecule has 1 aliphatic heterocycles. The molecule has 0 aromatic heterocycles. The molecule has 1 saturated carbocycles. The monoisotopic (exact) mass is 297 g/mol. The van der Waals surface area contributed by atoms with Gasteiger partial charge in [0.1, 0.15) is 6.04 Å². The van der Waals surface area contributed by atoms with Crippen LogP contribution in [0, 0.1) is 5.92 Å². The highest BCUT2D eigenvalue weighted by molar-refractivity contribution is 5.87. The van der Waals surface area contributed by atoms with E-state index in [1.165, 1.54) is 12.8 Å². The van der Waals surface area contributed by atoms with E-state index < -0.39 is 23.9 Å². The first kappa shape index (κ1) is 15.6. The van der Waals surface area contributed by atoms with Crippen molar-refractivity contribution in [2.45, 2.75) is 57.0 Å². The molecule has 1 unspecified atom stereocenters. The summed E-state index contributed by atoms with van der Waals surface area (Å²) in [6, 6.07) is -1.44. The lowest BCUT2D eigenvalue weighted by Crippen LogP contribution is -2.51. The predicted octanol–water partition coefficient (Wildman–Crippen LogP) is 0.679. The highest BCUT2D eigenvalue weighted by Gasteiger charge is 2.37. The van der Waals surface area contributed by atoms with Crippen LogP contribution in [0.1, 0.15) is 44.9 Å². The summed E-state index contributed by atoms with van der Waals surface area (Å²) in [5.41, 5.74) is 5.02. The van der Waals surface area contributed by atoms with Crippen molar-refractivity contribution in [3.8, 4) is 0 Å². The van der Waals surface area contributed by atoms with E-state index in [4.69, 9.17) is 10.8 Å². The Morgan fingerprint density at radius 3 is 2.43 bits per heavy atom. The van der Waals surface area contributed by atoms with Crippen LogP contribution in [0.3, 0.4) is 0 Å². The molecule has 0 spiro atoms. The molecule has 3 amide bonds. The third kappa shape index (κ3) is 3.86. The van der Waals surface area contributed by atoms with E-state index in [0.29, 0.717) is 12.5 Å². The third-order valence-electron chi connectivity index (χ3n) is 4.51. The summed E-state index contributed by atoms with van der Waals surface area (Å²) < 4.78 is 0. The van der Waals surface area contributed by atoms with Gasteiger partial charge in [-0.05, 0) is 31.6 Å². The van der Waals surface area contributed by atoms with Crippen LogP contribution in [-0.2, 0) is 9.59 Å². The minimum Gasteiger partial charge on any atom is -0.480 e. The lowest BCUT2D eigenvalue weighted by Gasteiger charge is -2.30. The van der Waals surface area contributed by atoms with Crippen molar-refractivity contribution in [3.05, 3.63) is 0 Å². The first-order valence-corrected chi connectivity index (χ1v) is 7.57. The van der Waals surface area contributed by atoms with Crippen LogP contribution < -0.4 is 11.1 Å². The van der Waals surface area contributed by atoms with Crippen molar-refractivity contribution >= 4 is 17.9 Å². The van der Waals surface area contributed by atoms with Gasteiger partial charge in [-0.2, -0.15) is 0 Å². The van der Waals surface area contributed by atoms with Crippen molar-refractivity contribution in [2.24, 2.45) is 11.7 Å². The quantitative estimate of drug-likeness (QED) is 0.692. The Kier molecular flexibility index (Phi) is 5.03. The highest BCUT2D eigenvalue weighted by Crippen LogP contribution is 2.35. The number of nitrogens with zero attached hydrogens (tertiary/aromatic N) is 1. The minimum absolute atomic E-state index is 0.204. The first-order valence-electron chi connectivity index (χ1n) is 7.57. The van der Waals surface area contributed by atoms with Crippen LogP contribution in [-0.4, -0.2) is 46.5 Å². The van der Waals surface area contributed by atoms with Gasteiger partial charge in [-0.3, -0.25) is 4.79 Å². The summed E-state index contributed by atoms with van der Waals surface area (Å²) in [4.78, 5) is 36.0. The highest BCUT2D eigenvalue weighted by atomic mass is 16.4. The number of rotatable bonds is 5. The molecule has 118 valence electrons. The van der Waals surface area contributed by atoms with Crippen molar-refractivity contribution in [2.75, 3.05) is 6.54 Å². The summed E-state index contributed by atoms with van der Waals surface area (Å²) in [6.45, 7) is 0.649. The lowest BCUT2D eigenvalue weighted by molar-refractivity contribution is -0.141. The second-order valence-corrected chi connectivity index (χ2v) is 5.96. The zero-order valence-electron chi connectivity index (χ0n) is 12.1. The maximum atomic E-state index is 12.3. The SMILES string of the molecule is NC(=O)C[C@@H](NC(=O)N1CCCC1C1CCCC1)C(=O)O. The van der Waals surface area contributed by atoms with Crippen molar-refractivity contribution in [3.63, 3.8) is 0 Å². The van der Waals surface area contributed by atoms with Gasteiger partial charge >= 0.3 is 12.0 Å². The van der Waals surface area contributed by atoms with Crippen LogP contribution >= 0.6 is 0 Å². The fourth-order valence-corrected chi connectivity index (χ4v) is 3.51. The van der Waals surface area contributed by atoms with E-state index in [9.17, 15) is 14.4 Å². The summed E-state index contributed by atoms with van der Waals surface area (Å²) in [5.74, 6) is -1.45. The molecule has 2 fully saturated rings. The van der Waals surface area contributed by atoms with Gasteiger partial charge in [-0.1, -0.05) is 12.8 Å². The molecular weight excluding hydrogens is 274 g/mol. The van der Waals surface area contributed by atoms with Gasteiger partial charge in [0.2, 0.25) is 5.91 Å². The Hall–Kier alpha value is -1.79. The molecule has 2 aliphatic rings. The average Bonchev–Trinajstić information content (AvgIpc) is 3.07. The smallest absolute Gasteiger partial charge is 0.326 e. The second kappa shape index (κ2) is 6.78. The lowest BCUT2D eigenvalue weighted by atomic mass is 9.96. The number of hydrogen-bond acceptors (Lipinski definition) is 3. The number of nitrogens with two attached hydrogens (primary N) is 1. The summed E-state index contributed by atoms with van der Waals surface area (Å²) in [5, 5.41) is 11.5. The number of urea groups is 1. The number of hydrogen-bond donors (Lipinski definition) is 3. The van der Waals surface area contributed by atoms with Gasteiger partial charge in [0.25, 0.3) is 0 Å². The average molecular weight is 297 g/mol. The number of carbonyl (C=O) groups is 3. The van der Waals surface area contributed by atoms with E-state index in [1.54, 1.807) is 4.90 Å². The molecule has 1 heterocycles. The van der Waals surface area contributed by atoms with E-state index in [2.05, 4.69) is 5.32 Å². The molecule has 1 aliphatic carbocycles. The van der Waals surface area contributed by atoms with Gasteiger partial charge in [0.05, 0.1) is 6.42 Å². The Balaban J connectivity index is 1.97. The van der Waals surface area contributed by atoms with Crippen LogP contribution in [0.2, 0.25) is 0 Å². The number of carbonyl (C=O) groups excluding carboxylic acids is 2. The maximum absolute atomic E-state index is 12.3. The van der Waals surface area contributed by atoms with Crippen LogP contribution in [0.25, 0.3) is 0 Å². The molecule has 0 bridgehead atoms. The van der Waals surface area contributed by atoms with Gasteiger partial charge in [0.15, 0.2) is 0 Å². The molecule has 4 N–H and O–H groups in total. The summed E-state index contributed by atoms with van der Waals surface area (Å²) in [6.07, 6.45) is 6.22. The molecule has 0 aromatic rings. The van der Waals surface area contributed by atoms with E-state index in [-0.39, 0.29) is 12.5 Å². The minimum atomic E-state index is -1.25. The molecule has 0 aromatic carbocycles. The van der Waals surface area contributed by atoms with Gasteiger partial charge in [-0.25, -0.2) is 9.59 Å². The van der Waals surface area contributed by atoms with E-state index in [0.717, 1.165) is 25.7 Å². The van der Waals surface area contributed by atoms with Crippen LogP contribution in [0.5, 0.6) is 0 Å². The van der Waals surface area contributed by atoms with E-state index >= 15 is 0 Å². The zero-order valence-corrected chi connectivity index (χ0v) is 12.1. The standard InChI is InChI=1S/C14H23N3O4/c15-12(18)8-10(13(19)20)16-14(21)17-7-3-6-11(17)9-4-1-2-5-9/h9-11H,1-8H2,(H2,15,18)(H,16,21)(H,19,20)/t10-,11?/m1/s1. The fourth-order valence-electron chi connectivity index (χ4n) is 3.51. The molecule has 2 rings (SSSR count). The van der Waals surface area contributed by atoms with E-state index in [1.807, 2.05) is 0 Å². The second-order valence-electron chi connectivity index (χ2n) is 5.96. The Bertz CT molecular complexity index is 420. The molecular formula is C14H23N3O4. The zero-order chi connectivity index (χ0) is 15.4. The molecule has 2 atom stereocenters. The van der Waals surface area contributed by atoms with Crippen molar-refractivity contribution in [1.29, 1.82) is 0 Å². The first-order chi connectivity index (χ1) is 9.99. The van der Waals surface area contributed by atoms with Crippen molar-refractivity contribution in [1.82, 2.24) is 10.2 Å². The number of likely N-dealkylation sites (tertiary alicyclic amines) is 1. The Labute approximate surface area is 123 Å². The van der Waals surface area contributed by atoms with Gasteiger partial charge < -0.3 is 21.1 Å². The fraction of sp³-hybridized carbons (Fsp3) is 0.786. The third-order valence-corrected chi connectivity index (χ3v) is 4.51. The molecule has 7 heteroatoms. The number of carboxylic acid groups (broad SMARTS) is 1. The van der Waals surface area contributed by atoms with Gasteiger partial charge in [0, 0.05) is 12.6 Å². The summed E-state index contributed by atoms with van der Waals surface area (Å²) >= 11 is 0. The van der Waals surface area contributed by atoms with Crippen LogP contribution in [0.15, 0.2) is 0 Å².